The third kappa shape index (κ3) is 6.14. The second-order valence-electron chi connectivity index (χ2n) is 15.5. The van der Waals surface area contributed by atoms with Crippen molar-refractivity contribution in [3.05, 3.63) is 200 Å². The van der Waals surface area contributed by atoms with Gasteiger partial charge in [0.15, 0.2) is 17.5 Å². The molecular formula is C57H33N3OS2. The van der Waals surface area contributed by atoms with Crippen LogP contribution >= 0.6 is 22.7 Å². The lowest BCUT2D eigenvalue weighted by atomic mass is 9.97. The van der Waals surface area contributed by atoms with Crippen molar-refractivity contribution >= 4 is 85.0 Å². The van der Waals surface area contributed by atoms with Crippen LogP contribution < -0.4 is 0 Å². The molecule has 0 unspecified atom stereocenters. The molecular weight excluding hydrogens is 807 g/mol. The van der Waals surface area contributed by atoms with Crippen LogP contribution in [-0.2, 0) is 0 Å². The van der Waals surface area contributed by atoms with Crippen molar-refractivity contribution in [3.63, 3.8) is 0 Å². The maximum absolute atomic E-state index is 9.85. The van der Waals surface area contributed by atoms with Crippen molar-refractivity contribution in [1.29, 1.82) is 0 Å². The summed E-state index contributed by atoms with van der Waals surface area (Å²) in [5, 5.41) is 4.59. The van der Waals surface area contributed by atoms with Crippen LogP contribution in [0.3, 0.4) is 0 Å². The smallest absolute Gasteiger partial charge is 0.164 e. The van der Waals surface area contributed by atoms with Crippen LogP contribution in [0.5, 0.6) is 0 Å². The molecule has 13 rings (SSSR count). The fourth-order valence-corrected chi connectivity index (χ4v) is 10.7. The van der Waals surface area contributed by atoms with E-state index in [-0.39, 0.29) is 47.6 Å². The molecule has 0 saturated carbocycles. The van der Waals surface area contributed by atoms with E-state index in [1.807, 2.05) is 127 Å². The summed E-state index contributed by atoms with van der Waals surface area (Å²) in [6.45, 7) is 0. The maximum Gasteiger partial charge on any atom is 0.164 e. The predicted molar refractivity (Wildman–Crippen MR) is 265 cm³/mol. The van der Waals surface area contributed by atoms with E-state index in [2.05, 4.69) is 36.4 Å². The Labute approximate surface area is 378 Å². The highest BCUT2D eigenvalue weighted by Crippen LogP contribution is 2.44. The number of fused-ring (bicyclic) bond motifs is 9. The van der Waals surface area contributed by atoms with Gasteiger partial charge in [0, 0.05) is 67.8 Å². The van der Waals surface area contributed by atoms with Crippen LogP contribution in [0, 0.1) is 0 Å². The topological polar surface area (TPSA) is 51.8 Å². The van der Waals surface area contributed by atoms with Gasteiger partial charge >= 0.3 is 0 Å². The third-order valence-electron chi connectivity index (χ3n) is 11.7. The molecule has 0 bridgehead atoms. The van der Waals surface area contributed by atoms with E-state index < -0.39 is 0 Å². The number of rotatable bonds is 6. The van der Waals surface area contributed by atoms with Gasteiger partial charge in [-0.2, -0.15) is 0 Å². The first kappa shape index (κ1) is 30.3. The molecule has 9 aromatic carbocycles. The van der Waals surface area contributed by atoms with Gasteiger partial charge in [0.1, 0.15) is 11.2 Å². The molecule has 0 aliphatic carbocycles. The molecule has 0 radical (unpaired) electrons. The van der Waals surface area contributed by atoms with Gasteiger partial charge in [0.05, 0.1) is 8.22 Å². The van der Waals surface area contributed by atoms with Crippen LogP contribution in [0.4, 0.5) is 0 Å². The molecule has 0 saturated heterocycles. The number of furan rings is 1. The number of nitrogens with zero attached hydrogens (tertiary/aromatic N) is 3. The Morgan fingerprint density at radius 2 is 0.984 bits per heavy atom. The van der Waals surface area contributed by atoms with Crippen LogP contribution in [0.25, 0.3) is 130 Å². The Balaban J connectivity index is 1.01. The lowest BCUT2D eigenvalue weighted by molar-refractivity contribution is 0.669. The van der Waals surface area contributed by atoms with Crippen molar-refractivity contribution in [2.45, 2.75) is 0 Å². The van der Waals surface area contributed by atoms with Gasteiger partial charge in [-0.3, -0.25) is 0 Å². The van der Waals surface area contributed by atoms with Crippen molar-refractivity contribution in [2.24, 2.45) is 0 Å². The van der Waals surface area contributed by atoms with E-state index in [0.29, 0.717) is 59.7 Å². The summed E-state index contributed by atoms with van der Waals surface area (Å²) in [4.78, 5) is 15.0. The second-order valence-corrected chi connectivity index (χ2v) is 17.6. The molecule has 294 valence electrons. The molecule has 63 heavy (non-hydrogen) atoms. The monoisotopic (exact) mass is 845 g/mol. The molecule has 0 aliphatic heterocycles. The minimum atomic E-state index is -0.265. The first-order valence-corrected chi connectivity index (χ1v) is 22.1. The molecule has 13 aromatic rings. The molecule has 4 heterocycles. The van der Waals surface area contributed by atoms with Crippen molar-refractivity contribution in [3.8, 4) is 67.5 Å². The molecule has 0 aliphatic rings. The summed E-state index contributed by atoms with van der Waals surface area (Å²) in [5.41, 5.74) is 8.11. The quantitative estimate of drug-likeness (QED) is 0.167. The summed E-state index contributed by atoms with van der Waals surface area (Å²) >= 11 is 2.80. The Kier molecular flexibility index (Phi) is 6.93. The molecule has 0 atom stereocenters. The lowest BCUT2D eigenvalue weighted by Crippen LogP contribution is -2.00. The van der Waals surface area contributed by atoms with Crippen LogP contribution in [-0.4, -0.2) is 15.0 Å². The molecule has 0 spiro atoms. The number of aromatic nitrogens is 3. The predicted octanol–water partition coefficient (Wildman–Crippen LogP) is 16.5. The fourth-order valence-electron chi connectivity index (χ4n) is 8.57. The highest BCUT2D eigenvalue weighted by Gasteiger charge is 2.18. The summed E-state index contributed by atoms with van der Waals surface area (Å²) in [6, 6.07) is 53.1. The zero-order valence-corrected chi connectivity index (χ0v) is 34.8. The highest BCUT2D eigenvalue weighted by atomic mass is 32.1. The minimum absolute atomic E-state index is 0.0459. The standard InChI is InChI=1S/C57H33N3OS2/c1-3-10-34(11-4-1)36-18-20-37(21-19-36)55-58-56(40-24-28-48-46(31-40)43-26-22-38(32-49(43)61-48)35-12-5-2-6-13-35)60-57(59-55)41-23-27-45-53(33-41)63-52-17-9-15-42(54(45)52)39-25-29-51-47(30-39)44-14-7-8-16-50(44)62-51/h1-33H/i9D,15D,17D,23D,27D,33D. The number of hydrogen-bond donors (Lipinski definition) is 0. The van der Waals surface area contributed by atoms with Crippen LogP contribution in [0.15, 0.2) is 204 Å². The Morgan fingerprint density at radius 1 is 0.365 bits per heavy atom. The van der Waals surface area contributed by atoms with E-state index in [1.165, 1.54) is 0 Å². The summed E-state index contributed by atoms with van der Waals surface area (Å²) in [7, 11) is 0. The third-order valence-corrected chi connectivity index (χ3v) is 13.9. The van der Waals surface area contributed by atoms with E-state index in [1.54, 1.807) is 11.3 Å². The van der Waals surface area contributed by atoms with Crippen molar-refractivity contribution in [2.75, 3.05) is 0 Å². The number of hydrogen-bond acceptors (Lipinski definition) is 6. The average Bonchev–Trinajstić information content (AvgIpc) is 4.09. The molecule has 0 fully saturated rings. The SMILES string of the molecule is [2H]c1c([2H])c(-c2ccc3sc4ccccc4c3c2)c2c(sc3c([2H])c(-c4nc(-c5ccc(-c6ccccc6)cc5)nc(-c5ccc6oc7cc(-c8ccccc8)ccc7c6c5)n4)c([2H])c([2H])c32)c1[2H]. The van der Waals surface area contributed by atoms with E-state index in [9.17, 15) is 5.48 Å². The van der Waals surface area contributed by atoms with Gasteiger partial charge in [0.25, 0.3) is 0 Å². The van der Waals surface area contributed by atoms with Gasteiger partial charge in [-0.1, -0.05) is 139 Å². The van der Waals surface area contributed by atoms with Gasteiger partial charge in [-0.05, 0) is 94.0 Å². The Hall–Kier alpha value is -7.77. The van der Waals surface area contributed by atoms with Gasteiger partial charge in [0.2, 0.25) is 0 Å². The molecule has 4 aromatic heterocycles. The van der Waals surface area contributed by atoms with Crippen molar-refractivity contribution < 1.29 is 12.6 Å². The Bertz CT molecular complexity index is 4270. The maximum atomic E-state index is 9.85. The van der Waals surface area contributed by atoms with Gasteiger partial charge < -0.3 is 4.42 Å². The van der Waals surface area contributed by atoms with E-state index in [0.717, 1.165) is 70.1 Å². The summed E-state index contributed by atoms with van der Waals surface area (Å²) < 4.78 is 65.8. The first-order chi connectivity index (χ1) is 33.7. The summed E-state index contributed by atoms with van der Waals surface area (Å²) in [6.07, 6.45) is 0. The molecule has 6 heteroatoms. The first-order valence-electron chi connectivity index (χ1n) is 23.5. The average molecular weight is 846 g/mol. The van der Waals surface area contributed by atoms with Crippen molar-refractivity contribution in [1.82, 2.24) is 15.0 Å². The summed E-state index contributed by atoms with van der Waals surface area (Å²) in [5.74, 6) is 0.690. The number of thiophene rings is 2. The minimum Gasteiger partial charge on any atom is -0.456 e. The molecule has 4 nitrogen and oxygen atoms in total. The zero-order chi connectivity index (χ0) is 46.7. The van der Waals surface area contributed by atoms with E-state index in [4.69, 9.17) is 22.1 Å². The molecule has 0 amide bonds. The normalized spacial score (nSPS) is 13.1. The van der Waals surface area contributed by atoms with Gasteiger partial charge in [-0.25, -0.2) is 15.0 Å². The molecule has 0 N–H and O–H groups in total. The highest BCUT2D eigenvalue weighted by molar-refractivity contribution is 7.26. The lowest BCUT2D eigenvalue weighted by Gasteiger charge is -2.10. The van der Waals surface area contributed by atoms with Crippen LogP contribution in [0.1, 0.15) is 8.22 Å². The van der Waals surface area contributed by atoms with E-state index >= 15 is 0 Å². The van der Waals surface area contributed by atoms with Gasteiger partial charge in [-0.15, -0.1) is 22.7 Å². The largest absolute Gasteiger partial charge is 0.456 e. The number of benzene rings is 9. The second kappa shape index (κ2) is 14.4. The van der Waals surface area contributed by atoms with Crippen LogP contribution in [0.2, 0.25) is 0 Å². The Morgan fingerprint density at radius 3 is 1.81 bits per heavy atom. The fraction of sp³-hybridized carbons (Fsp3) is 0. The zero-order valence-electron chi connectivity index (χ0n) is 39.2.